The van der Waals surface area contributed by atoms with Crippen LogP contribution in [0.3, 0.4) is 0 Å². The largest absolute Gasteiger partial charge is 0.325 e. The monoisotopic (exact) mass is 211 g/mol. The van der Waals surface area contributed by atoms with E-state index < -0.39 is 0 Å². The molecule has 0 saturated carbocycles. The van der Waals surface area contributed by atoms with Crippen LogP contribution in [0.25, 0.3) is 0 Å². The highest BCUT2D eigenvalue weighted by Crippen LogP contribution is 2.20. The number of hydrogen-bond donors (Lipinski definition) is 1. The fraction of sp³-hybridized carbons (Fsp3) is 0.700. The lowest BCUT2D eigenvalue weighted by molar-refractivity contribution is 0.164. The molecule has 0 atom stereocenters. The average molecular weight is 211 g/mol. The predicted molar refractivity (Wildman–Crippen MR) is 59.2 cm³/mol. The molecule has 1 aliphatic heterocycles. The van der Waals surface area contributed by atoms with Crippen LogP contribution in [0.5, 0.6) is 0 Å². The smallest absolute Gasteiger partial charge is 0.0795 e. The Bertz CT molecular complexity index is 272. The molecule has 0 aliphatic carbocycles. The maximum absolute atomic E-state index is 6.07. The van der Waals surface area contributed by atoms with Crippen molar-refractivity contribution in [2.75, 3.05) is 13.1 Å². The van der Waals surface area contributed by atoms with Crippen LogP contribution in [0.4, 0.5) is 0 Å². The molecule has 2 rings (SSSR count). The molecule has 2 heterocycles. The van der Waals surface area contributed by atoms with E-state index in [1.165, 1.54) is 5.69 Å². The highest BCUT2D eigenvalue weighted by Gasteiger charge is 2.25. The summed E-state index contributed by atoms with van der Waals surface area (Å²) < 4.78 is 0. The van der Waals surface area contributed by atoms with Gasteiger partial charge in [-0.2, -0.15) is 0 Å². The van der Waals surface area contributed by atoms with Crippen molar-refractivity contribution in [2.24, 2.45) is 5.73 Å². The van der Waals surface area contributed by atoms with Gasteiger partial charge in [-0.05, 0) is 19.8 Å². The molecule has 0 amide bonds. The first-order valence-corrected chi connectivity index (χ1v) is 5.98. The lowest BCUT2D eigenvalue weighted by atomic mass is 9.91. The lowest BCUT2D eigenvalue weighted by Crippen LogP contribution is -2.47. The van der Waals surface area contributed by atoms with Crippen molar-refractivity contribution in [1.82, 2.24) is 9.88 Å². The summed E-state index contributed by atoms with van der Waals surface area (Å²) in [7, 11) is 0. The summed E-state index contributed by atoms with van der Waals surface area (Å²) in [6.45, 7) is 5.34. The molecule has 78 valence electrons. The van der Waals surface area contributed by atoms with Crippen molar-refractivity contribution in [3.05, 3.63) is 16.6 Å². The van der Waals surface area contributed by atoms with Gasteiger partial charge in [0.05, 0.1) is 11.2 Å². The minimum absolute atomic E-state index is 0.0541. The van der Waals surface area contributed by atoms with Gasteiger partial charge in [-0.15, -0.1) is 11.3 Å². The zero-order valence-electron chi connectivity index (χ0n) is 8.57. The summed E-state index contributed by atoms with van der Waals surface area (Å²) in [5.41, 5.74) is 9.21. The van der Waals surface area contributed by atoms with Crippen LogP contribution >= 0.6 is 11.3 Å². The van der Waals surface area contributed by atoms with Crippen LogP contribution in [-0.2, 0) is 6.54 Å². The van der Waals surface area contributed by atoms with Gasteiger partial charge in [-0.1, -0.05) is 0 Å². The second-order valence-electron chi connectivity index (χ2n) is 4.41. The summed E-state index contributed by atoms with van der Waals surface area (Å²) in [5.74, 6) is 0. The quantitative estimate of drug-likeness (QED) is 0.805. The number of aromatic nitrogens is 1. The van der Waals surface area contributed by atoms with E-state index in [0.717, 1.165) is 32.5 Å². The molecule has 3 nitrogen and oxygen atoms in total. The standard InChI is InChI=1S/C10H17N3S/c1-10(11)2-4-13(5-3-10)6-9-7-14-8-12-9/h7-8H,2-6,11H2,1H3. The Morgan fingerprint density at radius 1 is 1.57 bits per heavy atom. The van der Waals surface area contributed by atoms with Gasteiger partial charge in [-0.25, -0.2) is 4.98 Å². The third-order valence-corrected chi connectivity index (χ3v) is 3.50. The number of likely N-dealkylation sites (tertiary alicyclic amines) is 1. The molecule has 14 heavy (non-hydrogen) atoms. The van der Waals surface area contributed by atoms with Crippen molar-refractivity contribution in [1.29, 1.82) is 0 Å². The van der Waals surface area contributed by atoms with Crippen molar-refractivity contribution in [3.8, 4) is 0 Å². The first kappa shape index (κ1) is 10.1. The lowest BCUT2D eigenvalue weighted by Gasteiger charge is -2.36. The van der Waals surface area contributed by atoms with Crippen molar-refractivity contribution in [2.45, 2.75) is 31.8 Å². The summed E-state index contributed by atoms with van der Waals surface area (Å²) in [6.07, 6.45) is 2.19. The normalized spacial score (nSPS) is 22.4. The van der Waals surface area contributed by atoms with Crippen molar-refractivity contribution in [3.63, 3.8) is 0 Å². The molecular weight excluding hydrogens is 194 g/mol. The molecule has 0 aromatic carbocycles. The van der Waals surface area contributed by atoms with Crippen LogP contribution in [-0.4, -0.2) is 28.5 Å². The van der Waals surface area contributed by atoms with Crippen molar-refractivity contribution < 1.29 is 0 Å². The van der Waals surface area contributed by atoms with Crippen LogP contribution in [0.2, 0.25) is 0 Å². The molecule has 0 unspecified atom stereocenters. The third-order valence-electron chi connectivity index (χ3n) is 2.87. The second-order valence-corrected chi connectivity index (χ2v) is 5.13. The van der Waals surface area contributed by atoms with E-state index in [2.05, 4.69) is 22.2 Å². The van der Waals surface area contributed by atoms with Gasteiger partial charge in [0.1, 0.15) is 0 Å². The minimum atomic E-state index is 0.0541. The van der Waals surface area contributed by atoms with Gasteiger partial charge in [0.15, 0.2) is 0 Å². The van der Waals surface area contributed by atoms with Crippen LogP contribution in [0.1, 0.15) is 25.5 Å². The van der Waals surface area contributed by atoms with Gasteiger partial charge in [0.2, 0.25) is 0 Å². The molecule has 1 saturated heterocycles. The molecule has 4 heteroatoms. The Hall–Kier alpha value is -0.450. The highest BCUT2D eigenvalue weighted by atomic mass is 32.1. The zero-order valence-corrected chi connectivity index (χ0v) is 9.39. The number of piperidine rings is 1. The Kier molecular flexibility index (Phi) is 2.85. The number of rotatable bonds is 2. The first-order chi connectivity index (χ1) is 6.66. The fourth-order valence-corrected chi connectivity index (χ4v) is 2.32. The Morgan fingerprint density at radius 2 is 2.29 bits per heavy atom. The maximum atomic E-state index is 6.07. The van der Waals surface area contributed by atoms with Gasteiger partial charge in [-0.3, -0.25) is 4.90 Å². The Labute approximate surface area is 88.9 Å². The molecule has 1 aliphatic rings. The predicted octanol–water partition coefficient (Wildman–Crippen LogP) is 1.46. The van der Waals surface area contributed by atoms with E-state index in [1.54, 1.807) is 11.3 Å². The number of hydrogen-bond acceptors (Lipinski definition) is 4. The Morgan fingerprint density at radius 3 is 2.86 bits per heavy atom. The zero-order chi connectivity index (χ0) is 10.0. The highest BCUT2D eigenvalue weighted by molar-refractivity contribution is 7.07. The van der Waals surface area contributed by atoms with Gasteiger partial charge < -0.3 is 5.73 Å². The van der Waals surface area contributed by atoms with E-state index in [1.807, 2.05) is 5.51 Å². The topological polar surface area (TPSA) is 42.1 Å². The van der Waals surface area contributed by atoms with E-state index in [9.17, 15) is 0 Å². The summed E-state index contributed by atoms with van der Waals surface area (Å²) in [6, 6.07) is 0. The van der Waals surface area contributed by atoms with E-state index in [4.69, 9.17) is 5.73 Å². The second kappa shape index (κ2) is 3.96. The van der Waals surface area contributed by atoms with Gasteiger partial charge >= 0.3 is 0 Å². The Balaban J connectivity index is 1.85. The van der Waals surface area contributed by atoms with Crippen molar-refractivity contribution >= 4 is 11.3 Å². The number of nitrogens with zero attached hydrogens (tertiary/aromatic N) is 2. The van der Waals surface area contributed by atoms with Gasteiger partial charge in [0.25, 0.3) is 0 Å². The first-order valence-electron chi connectivity index (χ1n) is 5.04. The summed E-state index contributed by atoms with van der Waals surface area (Å²) in [5, 5.41) is 2.12. The molecule has 0 radical (unpaired) electrons. The number of thiazole rings is 1. The SMILES string of the molecule is CC1(N)CCN(Cc2cscn2)CC1. The molecular formula is C10H17N3S. The molecule has 2 N–H and O–H groups in total. The summed E-state index contributed by atoms with van der Waals surface area (Å²) in [4.78, 5) is 6.73. The van der Waals surface area contributed by atoms with Gasteiger partial charge in [0, 0.05) is 30.6 Å². The maximum Gasteiger partial charge on any atom is 0.0795 e. The van der Waals surface area contributed by atoms with Crippen LogP contribution in [0.15, 0.2) is 10.9 Å². The molecule has 0 spiro atoms. The molecule has 1 aromatic rings. The molecule has 0 bridgehead atoms. The van der Waals surface area contributed by atoms with Crippen LogP contribution < -0.4 is 5.73 Å². The van der Waals surface area contributed by atoms with E-state index >= 15 is 0 Å². The van der Waals surface area contributed by atoms with E-state index in [0.29, 0.717) is 0 Å². The molecule has 1 fully saturated rings. The molecule has 1 aromatic heterocycles. The van der Waals surface area contributed by atoms with E-state index in [-0.39, 0.29) is 5.54 Å². The third kappa shape index (κ3) is 2.53. The van der Waals surface area contributed by atoms with Crippen LogP contribution in [0, 0.1) is 0 Å². The number of nitrogens with two attached hydrogens (primary N) is 1. The summed E-state index contributed by atoms with van der Waals surface area (Å²) >= 11 is 1.67. The minimum Gasteiger partial charge on any atom is -0.325 e. The fourth-order valence-electron chi connectivity index (χ4n) is 1.77. The average Bonchev–Trinajstić information content (AvgIpc) is 2.61.